The van der Waals surface area contributed by atoms with Crippen LogP contribution < -0.4 is 11.1 Å². The van der Waals surface area contributed by atoms with Crippen molar-refractivity contribution in [3.05, 3.63) is 22.4 Å². The fourth-order valence-corrected chi connectivity index (χ4v) is 2.74. The zero-order chi connectivity index (χ0) is 9.26. The van der Waals surface area contributed by atoms with Gasteiger partial charge in [0.25, 0.3) is 0 Å². The first-order chi connectivity index (χ1) is 6.27. The molecule has 0 aromatic carbocycles. The molecule has 13 heavy (non-hydrogen) atoms. The van der Waals surface area contributed by atoms with Crippen LogP contribution in [0, 0.1) is 0 Å². The summed E-state index contributed by atoms with van der Waals surface area (Å²) in [5.74, 6) is 0. The van der Waals surface area contributed by atoms with Crippen LogP contribution in [0.15, 0.2) is 17.5 Å². The first-order valence-electron chi connectivity index (χ1n) is 4.82. The van der Waals surface area contributed by atoms with Crippen molar-refractivity contribution in [2.24, 2.45) is 5.73 Å². The summed E-state index contributed by atoms with van der Waals surface area (Å²) in [6, 6.07) is 5.53. The minimum atomic E-state index is 0.287. The first-order valence-corrected chi connectivity index (χ1v) is 5.70. The molecule has 1 fully saturated rings. The van der Waals surface area contributed by atoms with E-state index in [0.29, 0.717) is 12.1 Å². The summed E-state index contributed by atoms with van der Waals surface area (Å²) < 4.78 is 0. The van der Waals surface area contributed by atoms with E-state index < -0.39 is 0 Å². The van der Waals surface area contributed by atoms with Gasteiger partial charge in [-0.2, -0.15) is 0 Å². The third kappa shape index (κ3) is 1.93. The van der Waals surface area contributed by atoms with Crippen molar-refractivity contribution in [2.75, 3.05) is 0 Å². The van der Waals surface area contributed by atoms with Gasteiger partial charge in [0.1, 0.15) is 0 Å². The van der Waals surface area contributed by atoms with Gasteiger partial charge in [0.15, 0.2) is 0 Å². The maximum absolute atomic E-state index is 6.08. The largest absolute Gasteiger partial charge is 0.326 e. The number of rotatable bonds is 1. The Labute approximate surface area is 83.1 Å². The summed E-state index contributed by atoms with van der Waals surface area (Å²) in [6.45, 7) is 2.23. The molecule has 2 heterocycles. The van der Waals surface area contributed by atoms with Crippen molar-refractivity contribution >= 4 is 11.3 Å². The third-order valence-corrected chi connectivity index (χ3v) is 3.63. The molecule has 0 amide bonds. The van der Waals surface area contributed by atoms with E-state index in [0.717, 1.165) is 6.42 Å². The van der Waals surface area contributed by atoms with Gasteiger partial charge in [0, 0.05) is 17.0 Å². The van der Waals surface area contributed by atoms with Crippen molar-refractivity contribution in [1.29, 1.82) is 0 Å². The minimum absolute atomic E-state index is 0.287. The van der Waals surface area contributed by atoms with Gasteiger partial charge in [-0.1, -0.05) is 6.07 Å². The predicted molar refractivity (Wildman–Crippen MR) is 56.9 cm³/mol. The van der Waals surface area contributed by atoms with Gasteiger partial charge in [-0.3, -0.25) is 0 Å². The fraction of sp³-hybridized carbons (Fsp3) is 0.600. The first kappa shape index (κ1) is 9.19. The number of hydrogen-bond acceptors (Lipinski definition) is 3. The second-order valence-electron chi connectivity index (χ2n) is 3.80. The number of nitrogens with two attached hydrogens (primary N) is 1. The molecular weight excluding hydrogens is 180 g/mol. The molecule has 0 spiro atoms. The van der Waals surface area contributed by atoms with E-state index in [1.165, 1.54) is 11.3 Å². The van der Waals surface area contributed by atoms with Gasteiger partial charge in [-0.05, 0) is 31.2 Å². The van der Waals surface area contributed by atoms with Crippen molar-refractivity contribution in [2.45, 2.75) is 37.9 Å². The van der Waals surface area contributed by atoms with Crippen LogP contribution in [0.25, 0.3) is 0 Å². The van der Waals surface area contributed by atoms with E-state index in [1.54, 1.807) is 11.3 Å². The van der Waals surface area contributed by atoms with E-state index in [9.17, 15) is 0 Å². The molecule has 0 bridgehead atoms. The average Bonchev–Trinajstić information content (AvgIpc) is 2.61. The summed E-state index contributed by atoms with van der Waals surface area (Å²) >= 11 is 1.79. The van der Waals surface area contributed by atoms with E-state index in [1.807, 2.05) is 0 Å². The standard InChI is InChI=1S/C10H16N2S/c1-7-4-5-8(11)10(12-7)9-3-2-6-13-9/h2-3,6-8,10,12H,4-5,11H2,1H3. The van der Waals surface area contributed by atoms with Gasteiger partial charge < -0.3 is 11.1 Å². The van der Waals surface area contributed by atoms with Crippen molar-refractivity contribution in [1.82, 2.24) is 5.32 Å². The molecular formula is C10H16N2S. The van der Waals surface area contributed by atoms with Crippen LogP contribution in [0.1, 0.15) is 30.7 Å². The zero-order valence-corrected chi connectivity index (χ0v) is 8.68. The maximum Gasteiger partial charge on any atom is 0.0570 e. The lowest BCUT2D eigenvalue weighted by Gasteiger charge is -2.33. The number of piperidine rings is 1. The Balaban J connectivity index is 2.12. The van der Waals surface area contributed by atoms with Gasteiger partial charge >= 0.3 is 0 Å². The van der Waals surface area contributed by atoms with Crippen LogP contribution >= 0.6 is 11.3 Å². The zero-order valence-electron chi connectivity index (χ0n) is 7.86. The Morgan fingerprint density at radius 3 is 3.08 bits per heavy atom. The molecule has 1 saturated heterocycles. The van der Waals surface area contributed by atoms with Crippen molar-refractivity contribution < 1.29 is 0 Å². The number of hydrogen-bond donors (Lipinski definition) is 2. The molecule has 3 heteroatoms. The van der Waals surface area contributed by atoms with Crippen molar-refractivity contribution in [3.63, 3.8) is 0 Å². The second-order valence-corrected chi connectivity index (χ2v) is 4.78. The third-order valence-electron chi connectivity index (χ3n) is 2.67. The quantitative estimate of drug-likeness (QED) is 0.720. The van der Waals surface area contributed by atoms with Crippen LogP contribution in [-0.2, 0) is 0 Å². The lowest BCUT2D eigenvalue weighted by atomic mass is 9.94. The van der Waals surface area contributed by atoms with Crippen LogP contribution in [0.3, 0.4) is 0 Å². The van der Waals surface area contributed by atoms with Gasteiger partial charge in [-0.25, -0.2) is 0 Å². The Bertz CT molecular complexity index is 258. The number of nitrogens with one attached hydrogen (secondary N) is 1. The summed E-state index contributed by atoms with van der Waals surface area (Å²) in [4.78, 5) is 1.37. The Morgan fingerprint density at radius 1 is 1.54 bits per heavy atom. The molecule has 1 aromatic heterocycles. The molecule has 3 atom stereocenters. The van der Waals surface area contributed by atoms with Crippen LogP contribution in [-0.4, -0.2) is 12.1 Å². The molecule has 3 N–H and O–H groups in total. The monoisotopic (exact) mass is 196 g/mol. The Morgan fingerprint density at radius 2 is 2.38 bits per heavy atom. The van der Waals surface area contributed by atoms with Gasteiger partial charge in [0.2, 0.25) is 0 Å². The van der Waals surface area contributed by atoms with E-state index in [-0.39, 0.29) is 6.04 Å². The Kier molecular flexibility index (Phi) is 2.67. The lowest BCUT2D eigenvalue weighted by molar-refractivity contribution is 0.304. The summed E-state index contributed by atoms with van der Waals surface area (Å²) in [5, 5.41) is 5.67. The van der Waals surface area contributed by atoms with Crippen LogP contribution in [0.2, 0.25) is 0 Å². The lowest BCUT2D eigenvalue weighted by Crippen LogP contribution is -2.46. The topological polar surface area (TPSA) is 38.0 Å². The number of thiophene rings is 1. The molecule has 0 aliphatic carbocycles. The molecule has 1 aliphatic heterocycles. The van der Waals surface area contributed by atoms with Crippen LogP contribution in [0.4, 0.5) is 0 Å². The summed E-state index contributed by atoms with van der Waals surface area (Å²) in [7, 11) is 0. The smallest absolute Gasteiger partial charge is 0.0570 e. The molecule has 1 aliphatic rings. The highest BCUT2D eigenvalue weighted by atomic mass is 32.1. The fourth-order valence-electron chi connectivity index (χ4n) is 1.88. The summed E-state index contributed by atoms with van der Waals surface area (Å²) in [6.07, 6.45) is 2.33. The molecule has 2 nitrogen and oxygen atoms in total. The molecule has 0 saturated carbocycles. The van der Waals surface area contributed by atoms with Crippen molar-refractivity contribution in [3.8, 4) is 0 Å². The predicted octanol–water partition coefficient (Wildman–Crippen LogP) is 1.89. The van der Waals surface area contributed by atoms with Gasteiger partial charge in [-0.15, -0.1) is 11.3 Å². The maximum atomic E-state index is 6.08. The molecule has 0 radical (unpaired) electrons. The highest BCUT2D eigenvalue weighted by Gasteiger charge is 2.26. The van der Waals surface area contributed by atoms with E-state index >= 15 is 0 Å². The van der Waals surface area contributed by atoms with Crippen LogP contribution in [0.5, 0.6) is 0 Å². The molecule has 1 aromatic rings. The minimum Gasteiger partial charge on any atom is -0.326 e. The van der Waals surface area contributed by atoms with E-state index in [4.69, 9.17) is 5.73 Å². The SMILES string of the molecule is CC1CCC(N)C(c2cccs2)N1. The average molecular weight is 196 g/mol. The van der Waals surface area contributed by atoms with Gasteiger partial charge in [0.05, 0.1) is 6.04 Å². The summed E-state index contributed by atoms with van der Waals surface area (Å²) in [5.41, 5.74) is 6.08. The van der Waals surface area contributed by atoms with E-state index in [2.05, 4.69) is 29.8 Å². The Hall–Kier alpha value is -0.380. The molecule has 2 rings (SSSR count). The highest BCUT2D eigenvalue weighted by molar-refractivity contribution is 7.10. The normalized spacial score (nSPS) is 34.8. The highest BCUT2D eigenvalue weighted by Crippen LogP contribution is 2.27. The second kappa shape index (κ2) is 3.78. The molecule has 72 valence electrons. The molecule has 3 unspecified atom stereocenters.